The highest BCUT2D eigenvalue weighted by Gasteiger charge is 2.52. The van der Waals surface area contributed by atoms with E-state index in [0.717, 1.165) is 32.1 Å². The normalized spacial score (nSPS) is 34.7. The zero-order valence-electron chi connectivity index (χ0n) is 17.6. The molecular weight excluding hydrogens is 346 g/mol. The maximum atomic E-state index is 13.1. The van der Waals surface area contributed by atoms with E-state index in [-0.39, 0.29) is 18.0 Å². The molecule has 2 bridgehead atoms. The van der Waals surface area contributed by atoms with Crippen molar-refractivity contribution < 1.29 is 14.0 Å². The van der Waals surface area contributed by atoms with E-state index in [1.807, 2.05) is 6.07 Å². The average molecular weight is 383 g/mol. The lowest BCUT2D eigenvalue weighted by Gasteiger charge is -2.47. The number of fused-ring (bicyclic) bond motifs is 2. The molecule has 0 aromatic heterocycles. The fourth-order valence-corrected chi connectivity index (χ4v) is 5.97. The van der Waals surface area contributed by atoms with Crippen molar-refractivity contribution in [2.75, 3.05) is 13.6 Å². The van der Waals surface area contributed by atoms with E-state index in [1.165, 1.54) is 47.8 Å². The van der Waals surface area contributed by atoms with Gasteiger partial charge in [-0.15, -0.1) is 0 Å². The van der Waals surface area contributed by atoms with Crippen LogP contribution < -0.4 is 0 Å². The third-order valence-corrected chi connectivity index (χ3v) is 7.68. The smallest absolute Gasteiger partial charge is 0.313 e. The van der Waals surface area contributed by atoms with Crippen molar-refractivity contribution in [2.24, 2.45) is 5.92 Å². The summed E-state index contributed by atoms with van der Waals surface area (Å²) in [7, 11) is 2.45. The van der Waals surface area contributed by atoms with Crippen LogP contribution in [0.1, 0.15) is 70.3 Å². The van der Waals surface area contributed by atoms with E-state index < -0.39 is 0 Å². The van der Waals surface area contributed by atoms with Crippen molar-refractivity contribution in [3.8, 4) is 0 Å². The highest BCUT2D eigenvalue weighted by atomic mass is 16.5. The second-order valence-corrected chi connectivity index (χ2v) is 9.35. The van der Waals surface area contributed by atoms with Gasteiger partial charge in [0, 0.05) is 25.7 Å². The molecule has 0 radical (unpaired) electrons. The molecule has 0 N–H and O–H groups in total. The van der Waals surface area contributed by atoms with Gasteiger partial charge in [0.15, 0.2) is 0 Å². The quantitative estimate of drug-likeness (QED) is 0.489. The van der Waals surface area contributed by atoms with Gasteiger partial charge in [-0.2, -0.15) is 0 Å². The summed E-state index contributed by atoms with van der Waals surface area (Å²) in [5, 5.41) is 0. The molecule has 3 heteroatoms. The molecule has 1 aromatic carbocycles. The number of hydrogen-bond donors (Lipinski definition) is 0. The van der Waals surface area contributed by atoms with Crippen LogP contribution in [0.15, 0.2) is 36.4 Å². The van der Waals surface area contributed by atoms with Crippen molar-refractivity contribution in [1.29, 1.82) is 0 Å². The summed E-state index contributed by atoms with van der Waals surface area (Å²) in [5.74, 6) is -0.0689. The lowest BCUT2D eigenvalue weighted by atomic mass is 9.83. The predicted molar refractivity (Wildman–Crippen MR) is 114 cm³/mol. The monoisotopic (exact) mass is 382 g/mol. The molecule has 2 aliphatic heterocycles. The standard InChI is InChI=1S/C25H36NO2/c1-3-4-16-26(2)20-14-15-21(26)18-22(17-20)28-25(27)24-13-9-8-12-23(24)19-10-6-5-7-11-19/h5-7,10-12,20-22,24H,3-4,8-9,13-18H2,1-2H3/q+1/t20-,21+,22?,24?,26?. The lowest BCUT2D eigenvalue weighted by molar-refractivity contribution is -0.949. The van der Waals surface area contributed by atoms with Crippen LogP contribution in [0, 0.1) is 5.92 Å². The first-order chi connectivity index (χ1) is 13.6. The third-order valence-electron chi connectivity index (χ3n) is 7.68. The minimum atomic E-state index is -0.0864. The van der Waals surface area contributed by atoms with Gasteiger partial charge in [-0.3, -0.25) is 4.79 Å². The number of hydrogen-bond acceptors (Lipinski definition) is 2. The van der Waals surface area contributed by atoms with Crippen LogP contribution in [0.5, 0.6) is 0 Å². The van der Waals surface area contributed by atoms with Crippen LogP contribution in [-0.2, 0) is 9.53 Å². The lowest BCUT2D eigenvalue weighted by Crippen LogP contribution is -2.59. The van der Waals surface area contributed by atoms with E-state index in [9.17, 15) is 4.79 Å². The number of benzene rings is 1. The van der Waals surface area contributed by atoms with Crippen LogP contribution in [0.3, 0.4) is 0 Å². The van der Waals surface area contributed by atoms with Gasteiger partial charge in [0.1, 0.15) is 6.10 Å². The number of carbonyl (C=O) groups is 1. The third kappa shape index (κ3) is 3.78. The SMILES string of the molecule is CCCC[N+]1(C)[C@@H]2CC[C@H]1CC(OC(=O)C1CCCC=C1c1ccccc1)C2. The number of carbonyl (C=O) groups excluding carboxylic acids is 1. The zero-order chi connectivity index (χ0) is 19.6. The molecule has 2 fully saturated rings. The molecule has 0 amide bonds. The molecular formula is C25H36NO2+. The molecule has 1 aliphatic carbocycles. The van der Waals surface area contributed by atoms with Gasteiger partial charge in [0.05, 0.1) is 31.6 Å². The Bertz CT molecular complexity index is 697. The van der Waals surface area contributed by atoms with Crippen molar-refractivity contribution in [2.45, 2.75) is 82.9 Å². The van der Waals surface area contributed by atoms with E-state index >= 15 is 0 Å². The number of piperidine rings is 1. The van der Waals surface area contributed by atoms with Crippen LogP contribution in [0.25, 0.3) is 5.57 Å². The molecule has 3 aliphatic rings. The Labute approximate surface area is 170 Å². The Morgan fingerprint density at radius 2 is 1.82 bits per heavy atom. The van der Waals surface area contributed by atoms with Crippen molar-refractivity contribution in [3.05, 3.63) is 42.0 Å². The Hall–Kier alpha value is -1.61. The molecule has 5 atom stereocenters. The van der Waals surface area contributed by atoms with Crippen LogP contribution in [0.2, 0.25) is 0 Å². The molecule has 0 spiro atoms. The first-order valence-electron chi connectivity index (χ1n) is 11.4. The summed E-state index contributed by atoms with van der Waals surface area (Å²) in [6.45, 7) is 3.57. The topological polar surface area (TPSA) is 26.3 Å². The second-order valence-electron chi connectivity index (χ2n) is 9.35. The van der Waals surface area contributed by atoms with Gasteiger partial charge in [0.25, 0.3) is 0 Å². The van der Waals surface area contributed by atoms with Crippen molar-refractivity contribution >= 4 is 11.5 Å². The van der Waals surface area contributed by atoms with Gasteiger partial charge in [-0.1, -0.05) is 49.8 Å². The number of allylic oxidation sites excluding steroid dienone is 1. The number of esters is 1. The Balaban J connectivity index is 1.42. The highest BCUT2D eigenvalue weighted by Crippen LogP contribution is 2.43. The Kier molecular flexibility index (Phi) is 5.91. The molecule has 152 valence electrons. The van der Waals surface area contributed by atoms with E-state index in [0.29, 0.717) is 12.1 Å². The summed E-state index contributed by atoms with van der Waals surface area (Å²) in [4.78, 5) is 13.1. The first-order valence-corrected chi connectivity index (χ1v) is 11.4. The predicted octanol–water partition coefficient (Wildman–Crippen LogP) is 5.35. The largest absolute Gasteiger partial charge is 0.461 e. The summed E-state index contributed by atoms with van der Waals surface area (Å²) >= 11 is 0. The molecule has 1 aromatic rings. The van der Waals surface area contributed by atoms with Crippen LogP contribution in [0.4, 0.5) is 0 Å². The summed E-state index contributed by atoms with van der Waals surface area (Å²) in [6.07, 6.45) is 12.7. The second kappa shape index (κ2) is 8.41. The molecule has 4 rings (SSSR count). The minimum absolute atomic E-state index is 0.0175. The fraction of sp³-hybridized carbons (Fsp3) is 0.640. The number of unbranched alkanes of at least 4 members (excludes halogenated alkanes) is 1. The van der Waals surface area contributed by atoms with Gasteiger partial charge in [-0.05, 0) is 36.8 Å². The number of quaternary nitrogens is 1. The van der Waals surface area contributed by atoms with Crippen LogP contribution in [-0.4, -0.2) is 42.2 Å². The number of rotatable bonds is 6. The average Bonchev–Trinajstić information content (AvgIpc) is 2.89. The molecule has 28 heavy (non-hydrogen) atoms. The van der Waals surface area contributed by atoms with Gasteiger partial charge in [0.2, 0.25) is 0 Å². The van der Waals surface area contributed by atoms with Crippen LogP contribution >= 0.6 is 0 Å². The Morgan fingerprint density at radius 3 is 2.50 bits per heavy atom. The fourth-order valence-electron chi connectivity index (χ4n) is 5.97. The summed E-state index contributed by atoms with van der Waals surface area (Å²) < 4.78 is 7.39. The maximum Gasteiger partial charge on any atom is 0.313 e. The van der Waals surface area contributed by atoms with Gasteiger partial charge in [-0.25, -0.2) is 0 Å². The molecule has 0 saturated carbocycles. The highest BCUT2D eigenvalue weighted by molar-refractivity contribution is 5.89. The first kappa shape index (κ1) is 19.7. The molecule has 2 saturated heterocycles. The zero-order valence-corrected chi connectivity index (χ0v) is 17.6. The van der Waals surface area contributed by atoms with Gasteiger partial charge < -0.3 is 9.22 Å². The molecule has 2 heterocycles. The minimum Gasteiger partial charge on any atom is -0.461 e. The molecule has 3 nitrogen and oxygen atoms in total. The summed E-state index contributed by atoms with van der Waals surface area (Å²) in [6, 6.07) is 11.7. The molecule has 3 unspecified atom stereocenters. The summed E-state index contributed by atoms with van der Waals surface area (Å²) in [5.41, 5.74) is 2.36. The number of ether oxygens (including phenoxy) is 1. The van der Waals surface area contributed by atoms with Crippen molar-refractivity contribution in [3.63, 3.8) is 0 Å². The van der Waals surface area contributed by atoms with E-state index in [1.54, 1.807) is 0 Å². The van der Waals surface area contributed by atoms with E-state index in [4.69, 9.17) is 4.74 Å². The maximum absolute atomic E-state index is 13.1. The van der Waals surface area contributed by atoms with E-state index in [2.05, 4.69) is 44.3 Å². The number of nitrogens with zero attached hydrogens (tertiary/aromatic N) is 1. The van der Waals surface area contributed by atoms with Gasteiger partial charge >= 0.3 is 5.97 Å². The Morgan fingerprint density at radius 1 is 1.11 bits per heavy atom. The van der Waals surface area contributed by atoms with Crippen molar-refractivity contribution in [1.82, 2.24) is 0 Å².